The molecular formula is C18H16N2O7S. The molecule has 146 valence electrons. The predicted molar refractivity (Wildman–Crippen MR) is 99.7 cm³/mol. The van der Waals surface area contributed by atoms with E-state index in [4.69, 9.17) is 4.42 Å². The van der Waals surface area contributed by atoms with Crippen LogP contribution in [0, 0.1) is 0 Å². The van der Waals surface area contributed by atoms with E-state index < -0.39 is 21.7 Å². The van der Waals surface area contributed by atoms with Crippen LogP contribution in [0.5, 0.6) is 0 Å². The number of hydrogen-bond acceptors (Lipinski definition) is 7. The molecule has 0 aliphatic rings. The van der Waals surface area contributed by atoms with Crippen LogP contribution < -0.4 is 10.5 Å². The number of oxazole rings is 1. The molecule has 0 saturated carbocycles. The average Bonchev–Trinajstić information content (AvgIpc) is 2.96. The number of fused-ring (bicyclic) bond motifs is 1. The summed E-state index contributed by atoms with van der Waals surface area (Å²) in [6, 6.07) is 9.81. The number of anilines is 1. The van der Waals surface area contributed by atoms with E-state index >= 15 is 0 Å². The summed E-state index contributed by atoms with van der Waals surface area (Å²) in [5.41, 5.74) is 1.01. The van der Waals surface area contributed by atoms with Crippen molar-refractivity contribution in [1.29, 1.82) is 0 Å². The Kier molecular flexibility index (Phi) is 5.06. The number of aromatic nitrogens is 1. The monoisotopic (exact) mass is 404 g/mol. The molecule has 0 aliphatic heterocycles. The SMILES string of the molecule is COC(=O)Cn1c(=O)oc2cc(S(=O)(=O)Nc3ccc(C(C)=O)cc3)ccc21. The molecular weight excluding hydrogens is 388 g/mol. The molecule has 0 bridgehead atoms. The standard InChI is InChI=1S/C18H16N2O7S/c1-11(21)12-3-5-13(6-4-12)19-28(24,25)14-7-8-15-16(9-14)27-18(23)20(15)10-17(22)26-2/h3-9,19H,10H2,1-2H3. The molecule has 1 N–H and O–H groups in total. The van der Waals surface area contributed by atoms with Gasteiger partial charge >= 0.3 is 11.7 Å². The molecule has 2 aromatic carbocycles. The largest absolute Gasteiger partial charge is 0.468 e. The lowest BCUT2D eigenvalue weighted by Crippen LogP contribution is -2.20. The highest BCUT2D eigenvalue weighted by molar-refractivity contribution is 7.92. The van der Waals surface area contributed by atoms with E-state index in [2.05, 4.69) is 9.46 Å². The van der Waals surface area contributed by atoms with Gasteiger partial charge in [-0.3, -0.25) is 18.9 Å². The van der Waals surface area contributed by atoms with Gasteiger partial charge in [0.05, 0.1) is 17.5 Å². The van der Waals surface area contributed by atoms with Gasteiger partial charge < -0.3 is 9.15 Å². The van der Waals surface area contributed by atoms with Crippen LogP contribution in [0.25, 0.3) is 11.1 Å². The van der Waals surface area contributed by atoms with Gasteiger partial charge in [-0.25, -0.2) is 13.2 Å². The summed E-state index contributed by atoms with van der Waals surface area (Å²) >= 11 is 0. The van der Waals surface area contributed by atoms with Gasteiger partial charge in [-0.2, -0.15) is 0 Å². The lowest BCUT2D eigenvalue weighted by molar-refractivity contribution is -0.141. The van der Waals surface area contributed by atoms with E-state index in [0.29, 0.717) is 5.56 Å². The van der Waals surface area contributed by atoms with E-state index in [1.807, 2.05) is 0 Å². The first-order chi connectivity index (χ1) is 13.2. The summed E-state index contributed by atoms with van der Waals surface area (Å²) in [7, 11) is -2.78. The van der Waals surface area contributed by atoms with Crippen molar-refractivity contribution in [2.75, 3.05) is 11.8 Å². The fraction of sp³-hybridized carbons (Fsp3) is 0.167. The van der Waals surface area contributed by atoms with Crippen LogP contribution in [-0.4, -0.2) is 31.8 Å². The average molecular weight is 404 g/mol. The topological polar surface area (TPSA) is 125 Å². The van der Waals surface area contributed by atoms with Gasteiger partial charge in [0.2, 0.25) is 0 Å². The van der Waals surface area contributed by atoms with Crippen LogP contribution in [0.4, 0.5) is 5.69 Å². The van der Waals surface area contributed by atoms with Gasteiger partial charge in [0.25, 0.3) is 10.0 Å². The minimum Gasteiger partial charge on any atom is -0.468 e. The molecule has 0 saturated heterocycles. The second kappa shape index (κ2) is 7.31. The fourth-order valence-corrected chi connectivity index (χ4v) is 3.62. The number of benzene rings is 2. The molecule has 0 unspecified atom stereocenters. The molecule has 9 nitrogen and oxygen atoms in total. The second-order valence-corrected chi connectivity index (χ2v) is 7.58. The van der Waals surface area contributed by atoms with Crippen LogP contribution in [0.3, 0.4) is 0 Å². The van der Waals surface area contributed by atoms with Crippen molar-refractivity contribution in [2.24, 2.45) is 0 Å². The summed E-state index contributed by atoms with van der Waals surface area (Å²) in [5, 5.41) is 0. The van der Waals surface area contributed by atoms with Gasteiger partial charge in [-0.15, -0.1) is 0 Å². The minimum absolute atomic E-state index is 0.0173. The summed E-state index contributed by atoms with van der Waals surface area (Å²) < 4.78 is 38.2. The number of Topliss-reactive ketones (excluding diaryl/α,β-unsaturated/α-hetero) is 1. The van der Waals surface area contributed by atoms with Gasteiger partial charge in [-0.05, 0) is 43.3 Å². The normalized spacial score (nSPS) is 11.4. The predicted octanol–water partition coefficient (Wildman–Crippen LogP) is 1.77. The van der Waals surface area contributed by atoms with Gasteiger partial charge in [0.15, 0.2) is 11.4 Å². The molecule has 0 atom stereocenters. The number of sulfonamides is 1. The molecule has 0 radical (unpaired) electrons. The van der Waals surface area contributed by atoms with Crippen molar-refractivity contribution < 1.29 is 27.2 Å². The maximum absolute atomic E-state index is 12.6. The number of ether oxygens (including phenoxy) is 1. The molecule has 0 spiro atoms. The Morgan fingerprint density at radius 1 is 1.14 bits per heavy atom. The highest BCUT2D eigenvalue weighted by Gasteiger charge is 2.19. The molecule has 1 heterocycles. The van der Waals surface area contributed by atoms with Crippen molar-refractivity contribution in [3.8, 4) is 0 Å². The van der Waals surface area contributed by atoms with Gasteiger partial charge in [0.1, 0.15) is 6.54 Å². The third kappa shape index (κ3) is 3.81. The molecule has 0 aliphatic carbocycles. The molecule has 0 amide bonds. The van der Waals surface area contributed by atoms with Crippen molar-refractivity contribution in [3.63, 3.8) is 0 Å². The Morgan fingerprint density at radius 2 is 1.82 bits per heavy atom. The van der Waals surface area contributed by atoms with Crippen molar-refractivity contribution >= 4 is 38.6 Å². The molecule has 1 aromatic heterocycles. The first-order valence-corrected chi connectivity index (χ1v) is 9.53. The summed E-state index contributed by atoms with van der Waals surface area (Å²) in [6.07, 6.45) is 0. The van der Waals surface area contributed by atoms with Crippen molar-refractivity contribution in [1.82, 2.24) is 4.57 Å². The Labute approximate surface area is 159 Å². The Bertz CT molecular complexity index is 1220. The van der Waals surface area contributed by atoms with E-state index in [-0.39, 0.29) is 34.0 Å². The van der Waals surface area contributed by atoms with Gasteiger partial charge in [-0.1, -0.05) is 0 Å². The zero-order chi connectivity index (χ0) is 20.5. The Morgan fingerprint density at radius 3 is 2.43 bits per heavy atom. The molecule has 3 rings (SSSR count). The Balaban J connectivity index is 1.92. The highest BCUT2D eigenvalue weighted by Crippen LogP contribution is 2.21. The lowest BCUT2D eigenvalue weighted by atomic mass is 10.1. The van der Waals surface area contributed by atoms with Crippen LogP contribution >= 0.6 is 0 Å². The van der Waals surface area contributed by atoms with Crippen LogP contribution in [0.1, 0.15) is 17.3 Å². The second-order valence-electron chi connectivity index (χ2n) is 5.90. The smallest absolute Gasteiger partial charge is 0.420 e. The number of rotatable bonds is 6. The number of esters is 1. The van der Waals surface area contributed by atoms with Crippen LogP contribution in [0.2, 0.25) is 0 Å². The van der Waals surface area contributed by atoms with E-state index in [0.717, 1.165) is 4.57 Å². The minimum atomic E-state index is -3.97. The molecule has 10 heteroatoms. The van der Waals surface area contributed by atoms with Crippen LogP contribution in [-0.2, 0) is 26.1 Å². The third-order valence-corrected chi connectivity index (χ3v) is 5.39. The molecule has 3 aromatic rings. The zero-order valence-electron chi connectivity index (χ0n) is 15.0. The number of methoxy groups -OCH3 is 1. The Hall–Kier alpha value is -3.40. The lowest BCUT2D eigenvalue weighted by Gasteiger charge is -2.08. The van der Waals surface area contributed by atoms with E-state index in [1.165, 1.54) is 56.5 Å². The third-order valence-electron chi connectivity index (χ3n) is 4.01. The number of nitrogens with zero attached hydrogens (tertiary/aromatic N) is 1. The maximum atomic E-state index is 12.6. The van der Waals surface area contributed by atoms with E-state index in [9.17, 15) is 22.8 Å². The number of nitrogens with one attached hydrogen (secondary N) is 1. The number of carbonyl (C=O) groups is 2. The first kappa shape index (κ1) is 19.4. The van der Waals surface area contributed by atoms with Crippen LogP contribution in [0.15, 0.2) is 56.6 Å². The fourth-order valence-electron chi connectivity index (χ4n) is 2.54. The van der Waals surface area contributed by atoms with Crippen molar-refractivity contribution in [3.05, 3.63) is 58.6 Å². The number of hydrogen-bond donors (Lipinski definition) is 1. The number of ketones is 1. The zero-order valence-corrected chi connectivity index (χ0v) is 15.8. The van der Waals surface area contributed by atoms with E-state index in [1.54, 1.807) is 0 Å². The summed E-state index contributed by atoms with van der Waals surface area (Å²) in [5.74, 6) is -1.58. The van der Waals surface area contributed by atoms with Gasteiger partial charge in [0, 0.05) is 17.3 Å². The summed E-state index contributed by atoms with van der Waals surface area (Å²) in [4.78, 5) is 34.5. The molecule has 28 heavy (non-hydrogen) atoms. The summed E-state index contributed by atoms with van der Waals surface area (Å²) in [6.45, 7) is 1.06. The highest BCUT2D eigenvalue weighted by atomic mass is 32.2. The quantitative estimate of drug-likeness (QED) is 0.490. The van der Waals surface area contributed by atoms with Crippen molar-refractivity contribution in [2.45, 2.75) is 18.4 Å². The first-order valence-electron chi connectivity index (χ1n) is 8.05. The maximum Gasteiger partial charge on any atom is 0.420 e. The molecule has 0 fully saturated rings. The number of carbonyl (C=O) groups excluding carboxylic acids is 2.